The number of halogens is 2. The van der Waals surface area contributed by atoms with Crippen LogP contribution in [0.2, 0.25) is 0 Å². The lowest BCUT2D eigenvalue weighted by Crippen LogP contribution is -2.56. The van der Waals surface area contributed by atoms with Crippen LogP contribution in [0.4, 0.5) is 8.78 Å². The van der Waals surface area contributed by atoms with E-state index < -0.39 is 11.5 Å². The van der Waals surface area contributed by atoms with Gasteiger partial charge in [0, 0.05) is 30.5 Å². The van der Waals surface area contributed by atoms with Crippen molar-refractivity contribution in [2.45, 2.75) is 57.6 Å². The normalized spacial score (nSPS) is 17.4. The van der Waals surface area contributed by atoms with E-state index in [0.29, 0.717) is 31.6 Å². The first-order valence-electron chi connectivity index (χ1n) is 10.7. The Bertz CT molecular complexity index is 880. The molecule has 0 spiro atoms. The van der Waals surface area contributed by atoms with Gasteiger partial charge in [-0.3, -0.25) is 4.79 Å². The number of hydrogen-bond acceptors (Lipinski definition) is 3. The summed E-state index contributed by atoms with van der Waals surface area (Å²) in [5, 5.41) is 2.98. The van der Waals surface area contributed by atoms with E-state index in [2.05, 4.69) is 5.32 Å². The zero-order valence-electron chi connectivity index (χ0n) is 18.8. The van der Waals surface area contributed by atoms with Gasteiger partial charge in [-0.05, 0) is 69.6 Å². The molecule has 1 saturated carbocycles. The highest BCUT2D eigenvalue weighted by atomic mass is 19.3. The zero-order valence-corrected chi connectivity index (χ0v) is 18.8. The summed E-state index contributed by atoms with van der Waals surface area (Å²) in [6, 6.07) is 13.6. The van der Waals surface area contributed by atoms with Crippen LogP contribution in [0.3, 0.4) is 0 Å². The van der Waals surface area contributed by atoms with E-state index in [0.717, 1.165) is 22.4 Å². The van der Waals surface area contributed by atoms with E-state index in [1.165, 1.54) is 0 Å². The third-order valence-electron chi connectivity index (χ3n) is 6.39. The van der Waals surface area contributed by atoms with Crippen molar-refractivity contribution in [2.75, 3.05) is 20.6 Å². The Balaban J connectivity index is 1.66. The highest BCUT2D eigenvalue weighted by Crippen LogP contribution is 2.40. The number of hydrogen-bond donors (Lipinski definition) is 1. The second kappa shape index (κ2) is 9.35. The van der Waals surface area contributed by atoms with Gasteiger partial charge in [0.1, 0.15) is 12.4 Å². The molecule has 0 bridgehead atoms. The van der Waals surface area contributed by atoms with E-state index in [1.807, 2.05) is 75.3 Å². The van der Waals surface area contributed by atoms with Crippen molar-refractivity contribution in [3.8, 4) is 5.75 Å². The molecule has 6 heteroatoms. The maximum absolute atomic E-state index is 13.7. The summed E-state index contributed by atoms with van der Waals surface area (Å²) in [6.07, 6.45) is 0.425. The molecule has 1 N–H and O–H groups in total. The molecular formula is C25H32F2N2O2. The van der Waals surface area contributed by atoms with Gasteiger partial charge in [0.25, 0.3) is 5.91 Å². The van der Waals surface area contributed by atoms with Crippen LogP contribution in [-0.4, -0.2) is 42.9 Å². The number of nitrogens with one attached hydrogen (secondary N) is 1. The molecular weight excluding hydrogens is 398 g/mol. The van der Waals surface area contributed by atoms with Crippen LogP contribution < -0.4 is 10.1 Å². The predicted octanol–water partition coefficient (Wildman–Crippen LogP) is 5.12. The number of rotatable bonds is 7. The monoisotopic (exact) mass is 430 g/mol. The lowest BCUT2D eigenvalue weighted by Gasteiger charge is -2.45. The average molecular weight is 431 g/mol. The quantitative estimate of drug-likeness (QED) is 0.663. The van der Waals surface area contributed by atoms with E-state index in [9.17, 15) is 13.6 Å². The first-order valence-corrected chi connectivity index (χ1v) is 10.7. The summed E-state index contributed by atoms with van der Waals surface area (Å²) in [5.41, 5.74) is 2.97. The molecule has 1 aliphatic carbocycles. The first-order chi connectivity index (χ1) is 14.6. The molecule has 2 aromatic carbocycles. The molecule has 0 radical (unpaired) electrons. The van der Waals surface area contributed by atoms with Crippen LogP contribution in [0.5, 0.6) is 5.75 Å². The molecule has 2 aromatic rings. The highest BCUT2D eigenvalue weighted by Gasteiger charge is 2.44. The molecule has 3 rings (SSSR count). The van der Waals surface area contributed by atoms with Crippen LogP contribution in [0.15, 0.2) is 42.5 Å². The Labute approximate surface area is 183 Å². The van der Waals surface area contributed by atoms with Crippen LogP contribution in [-0.2, 0) is 6.61 Å². The van der Waals surface area contributed by atoms with Crippen molar-refractivity contribution >= 4 is 5.91 Å². The number of benzene rings is 2. The number of alkyl halides is 2. The van der Waals surface area contributed by atoms with Crippen molar-refractivity contribution in [2.24, 2.45) is 0 Å². The molecule has 0 heterocycles. The number of likely N-dealkylation sites (N-methyl/N-ethyl adjacent to an activating group) is 1. The number of amides is 1. The number of aryl methyl sites for hydroxylation is 2. The Morgan fingerprint density at radius 1 is 1.03 bits per heavy atom. The van der Waals surface area contributed by atoms with Gasteiger partial charge < -0.3 is 15.0 Å². The fourth-order valence-corrected chi connectivity index (χ4v) is 4.25. The van der Waals surface area contributed by atoms with E-state index in [4.69, 9.17) is 4.74 Å². The standard InChI is InChI=1S/C25H32F2N2O2/c1-18-14-21(15-19(2)22(18)31-16-20-8-6-5-7-9-20)23(30)28-17-24(29(3)4)10-12-25(26,27)13-11-24/h5-9,14-15H,10-13,16-17H2,1-4H3,(H,28,30). The minimum absolute atomic E-state index is 0.146. The lowest BCUT2D eigenvalue weighted by atomic mass is 9.78. The fraction of sp³-hybridized carbons (Fsp3) is 0.480. The number of carbonyl (C=O) groups is 1. The van der Waals surface area contributed by atoms with Gasteiger partial charge in [0.15, 0.2) is 0 Å². The summed E-state index contributed by atoms with van der Waals surface area (Å²) >= 11 is 0. The summed E-state index contributed by atoms with van der Waals surface area (Å²) in [4.78, 5) is 14.8. The van der Waals surface area contributed by atoms with Gasteiger partial charge in [-0.15, -0.1) is 0 Å². The summed E-state index contributed by atoms with van der Waals surface area (Å²) in [6.45, 7) is 4.66. The van der Waals surface area contributed by atoms with Crippen molar-refractivity contribution in [3.63, 3.8) is 0 Å². The largest absolute Gasteiger partial charge is 0.488 e. The maximum atomic E-state index is 13.7. The van der Waals surface area contributed by atoms with E-state index in [-0.39, 0.29) is 18.7 Å². The molecule has 1 amide bonds. The van der Waals surface area contributed by atoms with Crippen molar-refractivity contribution in [1.82, 2.24) is 10.2 Å². The minimum atomic E-state index is -2.60. The van der Waals surface area contributed by atoms with Gasteiger partial charge in [-0.25, -0.2) is 8.78 Å². The van der Waals surface area contributed by atoms with Crippen molar-refractivity contribution in [3.05, 3.63) is 64.7 Å². The summed E-state index contributed by atoms with van der Waals surface area (Å²) < 4.78 is 33.3. The Kier molecular flexibility index (Phi) is 6.99. The molecule has 1 aliphatic rings. The van der Waals surface area contributed by atoms with Crippen molar-refractivity contribution in [1.29, 1.82) is 0 Å². The minimum Gasteiger partial charge on any atom is -0.488 e. The van der Waals surface area contributed by atoms with Crippen LogP contribution in [0.1, 0.15) is 52.7 Å². The first kappa shape index (κ1) is 23.2. The predicted molar refractivity (Wildman–Crippen MR) is 119 cm³/mol. The zero-order chi connectivity index (χ0) is 22.6. The molecule has 0 aromatic heterocycles. The Hall–Kier alpha value is -2.47. The van der Waals surface area contributed by atoms with Crippen molar-refractivity contribution < 1.29 is 18.3 Å². The van der Waals surface area contributed by atoms with Gasteiger partial charge in [-0.2, -0.15) is 0 Å². The van der Waals surface area contributed by atoms with E-state index >= 15 is 0 Å². The lowest BCUT2D eigenvalue weighted by molar-refractivity contribution is -0.0727. The Morgan fingerprint density at radius 2 is 1.61 bits per heavy atom. The van der Waals surface area contributed by atoms with Gasteiger partial charge in [-0.1, -0.05) is 30.3 Å². The van der Waals surface area contributed by atoms with Gasteiger partial charge in [0.05, 0.1) is 0 Å². The Morgan fingerprint density at radius 3 is 2.16 bits per heavy atom. The third kappa shape index (κ3) is 5.62. The van der Waals surface area contributed by atoms with Crippen LogP contribution >= 0.6 is 0 Å². The van der Waals surface area contributed by atoms with E-state index in [1.54, 1.807) is 0 Å². The SMILES string of the molecule is Cc1cc(C(=O)NCC2(N(C)C)CCC(F)(F)CC2)cc(C)c1OCc1ccccc1. The number of nitrogens with zero attached hydrogens (tertiary/aromatic N) is 1. The molecule has 1 fully saturated rings. The maximum Gasteiger partial charge on any atom is 0.251 e. The molecule has 0 unspecified atom stereocenters. The summed E-state index contributed by atoms with van der Waals surface area (Å²) in [7, 11) is 3.78. The van der Waals surface area contributed by atoms with Gasteiger partial charge >= 0.3 is 0 Å². The molecule has 31 heavy (non-hydrogen) atoms. The fourth-order valence-electron chi connectivity index (χ4n) is 4.25. The smallest absolute Gasteiger partial charge is 0.251 e. The average Bonchev–Trinajstić information content (AvgIpc) is 2.73. The number of carbonyl (C=O) groups excluding carboxylic acids is 1. The van der Waals surface area contributed by atoms with Gasteiger partial charge in [0.2, 0.25) is 5.92 Å². The molecule has 0 saturated heterocycles. The van der Waals surface area contributed by atoms with Crippen LogP contribution in [0.25, 0.3) is 0 Å². The third-order valence-corrected chi connectivity index (χ3v) is 6.39. The molecule has 168 valence electrons. The topological polar surface area (TPSA) is 41.6 Å². The highest BCUT2D eigenvalue weighted by molar-refractivity contribution is 5.95. The summed E-state index contributed by atoms with van der Waals surface area (Å²) in [5.74, 6) is -2.02. The molecule has 0 aliphatic heterocycles. The number of ether oxygens (including phenoxy) is 1. The second-order valence-electron chi connectivity index (χ2n) is 8.87. The molecule has 4 nitrogen and oxygen atoms in total. The van der Waals surface area contributed by atoms with Crippen LogP contribution in [0, 0.1) is 13.8 Å². The molecule has 0 atom stereocenters. The second-order valence-corrected chi connectivity index (χ2v) is 8.87.